The Bertz CT molecular complexity index is 982. The molecule has 1 amide bonds. The fourth-order valence-electron chi connectivity index (χ4n) is 3.49. The van der Waals surface area contributed by atoms with Crippen LogP contribution in [0.5, 0.6) is 5.75 Å². The van der Waals surface area contributed by atoms with E-state index in [1.807, 2.05) is 27.5 Å². The molecule has 0 saturated carbocycles. The molecule has 160 valence electrons. The third-order valence-electron chi connectivity index (χ3n) is 4.81. The van der Waals surface area contributed by atoms with Crippen LogP contribution in [0.3, 0.4) is 0 Å². The number of carbonyl (C=O) groups is 1. The summed E-state index contributed by atoms with van der Waals surface area (Å²) in [7, 11) is 0. The zero-order chi connectivity index (χ0) is 21.5. The lowest BCUT2D eigenvalue weighted by Crippen LogP contribution is -2.34. The maximum Gasteiger partial charge on any atom is 0.228 e. The molecule has 0 atom stereocenters. The zero-order valence-electron chi connectivity index (χ0n) is 17.4. The first-order chi connectivity index (χ1) is 14.6. The van der Waals surface area contributed by atoms with Gasteiger partial charge in [-0.25, -0.2) is 9.37 Å². The van der Waals surface area contributed by atoms with E-state index in [9.17, 15) is 9.18 Å². The van der Waals surface area contributed by atoms with Crippen LogP contribution in [-0.4, -0.2) is 46.6 Å². The highest BCUT2D eigenvalue weighted by Crippen LogP contribution is 2.28. The molecule has 0 aliphatic rings. The predicted octanol–water partition coefficient (Wildman–Crippen LogP) is 5.19. The highest BCUT2D eigenvalue weighted by atomic mass is 35.5. The molecule has 0 radical (unpaired) electrons. The molecule has 2 aromatic heterocycles. The van der Waals surface area contributed by atoms with Crippen LogP contribution in [0.4, 0.5) is 4.39 Å². The van der Waals surface area contributed by atoms with Gasteiger partial charge in [0.2, 0.25) is 5.91 Å². The Labute approximate surface area is 181 Å². The molecule has 1 aromatic carbocycles. The van der Waals surface area contributed by atoms with Gasteiger partial charge in [0.15, 0.2) is 0 Å². The third kappa shape index (κ3) is 5.11. The van der Waals surface area contributed by atoms with Crippen LogP contribution < -0.4 is 4.74 Å². The minimum atomic E-state index is -0.534. The second kappa shape index (κ2) is 10.4. The molecule has 0 N–H and O–H groups in total. The van der Waals surface area contributed by atoms with Crippen molar-refractivity contribution in [2.24, 2.45) is 0 Å². The van der Waals surface area contributed by atoms with Gasteiger partial charge in [0.25, 0.3) is 0 Å². The van der Waals surface area contributed by atoms with Gasteiger partial charge >= 0.3 is 0 Å². The number of alkyl halides is 1. The molecule has 3 rings (SSSR count). The second-order valence-electron chi connectivity index (χ2n) is 7.10. The van der Waals surface area contributed by atoms with E-state index >= 15 is 0 Å². The number of fused-ring (bicyclic) bond motifs is 1. The number of pyridine rings is 1. The number of hydrogen-bond acceptors (Lipinski definition) is 3. The first kappa shape index (κ1) is 22.1. The fraction of sp³-hybridized carbons (Fsp3) is 0.391. The summed E-state index contributed by atoms with van der Waals surface area (Å²) in [6.07, 6.45) is 3.85. The van der Waals surface area contributed by atoms with Crippen LogP contribution in [0.1, 0.15) is 32.4 Å². The summed E-state index contributed by atoms with van der Waals surface area (Å²) < 4.78 is 19.5. The Balaban J connectivity index is 1.99. The second-order valence-corrected chi connectivity index (χ2v) is 7.54. The van der Waals surface area contributed by atoms with E-state index in [2.05, 4.69) is 13.8 Å². The Kier molecular flexibility index (Phi) is 7.69. The average molecular weight is 432 g/mol. The van der Waals surface area contributed by atoms with Gasteiger partial charge < -0.3 is 14.0 Å². The maximum atomic E-state index is 13.1. The standard InChI is InChI=1S/C23H27ClFN3O2/c1-3-12-27(13-4-2)22(29)15-20-23(26-21-10-7-18(24)16-28(20)21)17-5-8-19(9-6-17)30-14-11-25/h5-10,16H,3-4,11-15H2,1-2H3. The number of hydrogen-bond donors (Lipinski definition) is 0. The molecule has 0 aliphatic heterocycles. The van der Waals surface area contributed by atoms with E-state index < -0.39 is 6.67 Å². The van der Waals surface area contributed by atoms with E-state index in [4.69, 9.17) is 21.3 Å². The summed E-state index contributed by atoms with van der Waals surface area (Å²) in [5.41, 5.74) is 3.12. The summed E-state index contributed by atoms with van der Waals surface area (Å²) in [5.74, 6) is 0.669. The number of benzene rings is 1. The monoisotopic (exact) mass is 431 g/mol. The van der Waals surface area contributed by atoms with Gasteiger partial charge in [0, 0.05) is 24.8 Å². The maximum absolute atomic E-state index is 13.1. The van der Waals surface area contributed by atoms with Crippen LogP contribution in [0.2, 0.25) is 5.02 Å². The molecule has 5 nitrogen and oxygen atoms in total. The summed E-state index contributed by atoms with van der Waals surface area (Å²) >= 11 is 6.22. The minimum absolute atomic E-state index is 0.0245. The van der Waals surface area contributed by atoms with E-state index in [0.29, 0.717) is 10.8 Å². The van der Waals surface area contributed by atoms with Crippen LogP contribution in [0.25, 0.3) is 16.9 Å². The van der Waals surface area contributed by atoms with Crippen LogP contribution in [0.15, 0.2) is 42.6 Å². The molecule has 30 heavy (non-hydrogen) atoms. The first-order valence-corrected chi connectivity index (χ1v) is 10.7. The molecule has 0 saturated heterocycles. The SMILES string of the molecule is CCCN(CCC)C(=O)Cc1c(-c2ccc(OCCF)cc2)nc2ccc(Cl)cn12. The summed E-state index contributed by atoms with van der Waals surface area (Å²) in [4.78, 5) is 19.7. The summed E-state index contributed by atoms with van der Waals surface area (Å²) in [5, 5.41) is 0.578. The van der Waals surface area contributed by atoms with Crippen molar-refractivity contribution in [3.8, 4) is 17.0 Å². The highest BCUT2D eigenvalue weighted by molar-refractivity contribution is 6.30. The van der Waals surface area contributed by atoms with Gasteiger partial charge in [-0.1, -0.05) is 25.4 Å². The van der Waals surface area contributed by atoms with Crippen molar-refractivity contribution < 1.29 is 13.9 Å². The van der Waals surface area contributed by atoms with Gasteiger partial charge in [-0.05, 0) is 49.2 Å². The van der Waals surface area contributed by atoms with Gasteiger partial charge in [-0.3, -0.25) is 4.79 Å². The summed E-state index contributed by atoms with van der Waals surface area (Å²) in [6, 6.07) is 11.0. The number of carbonyl (C=O) groups excluding carboxylic acids is 1. The lowest BCUT2D eigenvalue weighted by Gasteiger charge is -2.21. The van der Waals surface area contributed by atoms with Crippen molar-refractivity contribution >= 4 is 23.2 Å². The largest absolute Gasteiger partial charge is 0.491 e. The molecular formula is C23H27ClFN3O2. The molecule has 0 aliphatic carbocycles. The number of amides is 1. The molecular weight excluding hydrogens is 405 g/mol. The number of rotatable bonds is 10. The number of aromatic nitrogens is 2. The van der Waals surface area contributed by atoms with Gasteiger partial charge in [0.1, 0.15) is 24.7 Å². The van der Waals surface area contributed by atoms with Crippen molar-refractivity contribution in [3.05, 3.63) is 53.3 Å². The predicted molar refractivity (Wildman–Crippen MR) is 118 cm³/mol. The Hall–Kier alpha value is -2.60. The van der Waals surface area contributed by atoms with E-state index in [1.54, 1.807) is 24.4 Å². The molecule has 0 unspecified atom stereocenters. The Morgan fingerprint density at radius 1 is 1.13 bits per heavy atom. The Morgan fingerprint density at radius 2 is 1.83 bits per heavy atom. The van der Waals surface area contributed by atoms with Crippen molar-refractivity contribution in [1.29, 1.82) is 0 Å². The molecule has 2 heterocycles. The van der Waals surface area contributed by atoms with Gasteiger partial charge in [-0.2, -0.15) is 0 Å². The smallest absolute Gasteiger partial charge is 0.228 e. The number of imidazole rings is 1. The van der Waals surface area contributed by atoms with Gasteiger partial charge in [0.05, 0.1) is 22.8 Å². The third-order valence-corrected chi connectivity index (χ3v) is 5.04. The molecule has 0 bridgehead atoms. The lowest BCUT2D eigenvalue weighted by atomic mass is 10.1. The quantitative estimate of drug-likeness (QED) is 0.443. The molecule has 3 aromatic rings. The normalized spacial score (nSPS) is 11.1. The number of halogens is 2. The van der Waals surface area contributed by atoms with Crippen molar-refractivity contribution in [2.45, 2.75) is 33.1 Å². The van der Waals surface area contributed by atoms with Crippen molar-refractivity contribution in [3.63, 3.8) is 0 Å². The van der Waals surface area contributed by atoms with E-state index in [0.717, 1.165) is 48.5 Å². The molecule has 0 spiro atoms. The van der Waals surface area contributed by atoms with E-state index in [-0.39, 0.29) is 18.9 Å². The number of nitrogens with zero attached hydrogens (tertiary/aromatic N) is 3. The van der Waals surface area contributed by atoms with Crippen molar-refractivity contribution in [1.82, 2.24) is 14.3 Å². The molecule has 0 fully saturated rings. The van der Waals surface area contributed by atoms with Crippen LogP contribution in [-0.2, 0) is 11.2 Å². The highest BCUT2D eigenvalue weighted by Gasteiger charge is 2.20. The zero-order valence-corrected chi connectivity index (χ0v) is 18.2. The Morgan fingerprint density at radius 3 is 2.47 bits per heavy atom. The van der Waals surface area contributed by atoms with Crippen LogP contribution in [0, 0.1) is 0 Å². The fourth-order valence-corrected chi connectivity index (χ4v) is 3.65. The lowest BCUT2D eigenvalue weighted by molar-refractivity contribution is -0.130. The van der Waals surface area contributed by atoms with Crippen molar-refractivity contribution in [2.75, 3.05) is 26.4 Å². The topological polar surface area (TPSA) is 46.8 Å². The van der Waals surface area contributed by atoms with E-state index in [1.165, 1.54) is 0 Å². The van der Waals surface area contributed by atoms with Crippen LogP contribution >= 0.6 is 11.6 Å². The van der Waals surface area contributed by atoms with Gasteiger partial charge in [-0.15, -0.1) is 0 Å². The minimum Gasteiger partial charge on any atom is -0.491 e. The summed E-state index contributed by atoms with van der Waals surface area (Å²) in [6.45, 7) is 5.11. The molecule has 7 heteroatoms. The number of ether oxygens (including phenoxy) is 1. The first-order valence-electron chi connectivity index (χ1n) is 10.3. The average Bonchev–Trinajstić information content (AvgIpc) is 3.10.